The highest BCUT2D eigenvalue weighted by molar-refractivity contribution is 6.03. The van der Waals surface area contributed by atoms with E-state index >= 15 is 0 Å². The van der Waals surface area contributed by atoms with Crippen LogP contribution < -0.4 is 10.6 Å². The lowest BCUT2D eigenvalue weighted by molar-refractivity contribution is -0.141. The first-order valence-electron chi connectivity index (χ1n) is 8.23. The topological polar surface area (TPSA) is 59.0 Å². The lowest BCUT2D eigenvalue weighted by Gasteiger charge is -2.29. The second-order valence-electron chi connectivity index (χ2n) is 6.28. The summed E-state index contributed by atoms with van der Waals surface area (Å²) in [7, 11) is 0. The molecule has 0 saturated carbocycles. The van der Waals surface area contributed by atoms with Gasteiger partial charge in [0.2, 0.25) is 0 Å². The van der Waals surface area contributed by atoms with E-state index in [4.69, 9.17) is 0 Å². The molecule has 0 spiro atoms. The van der Waals surface area contributed by atoms with Crippen LogP contribution in [0.1, 0.15) is 33.3 Å². The Morgan fingerprint density at radius 2 is 1.78 bits per heavy atom. The number of nitrogens with zero attached hydrogens (tertiary/aromatic N) is 2. The lowest BCUT2D eigenvalue weighted by Crippen LogP contribution is -2.38. The van der Waals surface area contributed by atoms with E-state index in [1.807, 2.05) is 25.1 Å². The number of alkyl halides is 3. The molecule has 2 aromatic carbocycles. The van der Waals surface area contributed by atoms with Crippen molar-refractivity contribution in [3.8, 4) is 5.69 Å². The summed E-state index contributed by atoms with van der Waals surface area (Å²) >= 11 is 0. The number of aryl methyl sites for hydroxylation is 1. The van der Waals surface area contributed by atoms with Crippen molar-refractivity contribution in [1.29, 1.82) is 0 Å². The summed E-state index contributed by atoms with van der Waals surface area (Å²) in [6.45, 7) is 1.87. The summed E-state index contributed by atoms with van der Waals surface area (Å²) in [5.41, 5.74) is 2.57. The molecule has 2 heterocycles. The predicted molar refractivity (Wildman–Crippen MR) is 93.6 cm³/mol. The van der Waals surface area contributed by atoms with Crippen LogP contribution in [0.4, 0.5) is 18.9 Å². The molecule has 1 atom stereocenters. The molecule has 0 aliphatic carbocycles. The van der Waals surface area contributed by atoms with E-state index in [0.29, 0.717) is 11.3 Å². The average Bonchev–Trinajstić information content (AvgIpc) is 3.12. The second-order valence-corrected chi connectivity index (χ2v) is 6.28. The number of amides is 1. The fraction of sp³-hybridized carbons (Fsp3) is 0.158. The van der Waals surface area contributed by atoms with Crippen LogP contribution >= 0.6 is 0 Å². The molecule has 1 aromatic heterocycles. The zero-order valence-corrected chi connectivity index (χ0v) is 14.2. The third kappa shape index (κ3) is 3.14. The maximum absolute atomic E-state index is 12.7. The number of carbonyl (C=O) groups is 1. The largest absolute Gasteiger partial charge is 0.435 e. The molecule has 0 saturated heterocycles. The maximum atomic E-state index is 12.7. The molecule has 1 aliphatic rings. The number of halogens is 3. The minimum absolute atomic E-state index is 0.169. The molecule has 27 heavy (non-hydrogen) atoms. The normalized spacial score (nSPS) is 16.4. The molecule has 8 heteroatoms. The standard InChI is InChI=1S/C19H15F3N4O/c1-11-3-2-4-14-16(11)18(27)24-17(23-14)12-5-7-13(8-6-12)26-10-9-15(25-26)19(20,21)22/h2-10,17,23H,1H3,(H,24,27)/t17-/m1/s1. The van der Waals surface area contributed by atoms with Gasteiger partial charge in [-0.2, -0.15) is 18.3 Å². The SMILES string of the molecule is Cc1cccc2c1C(=O)N[C@H](c1ccc(-n3ccc(C(F)(F)F)n3)cc1)N2. The van der Waals surface area contributed by atoms with E-state index in [0.717, 1.165) is 27.6 Å². The van der Waals surface area contributed by atoms with Gasteiger partial charge in [0.1, 0.15) is 6.17 Å². The van der Waals surface area contributed by atoms with Crippen molar-refractivity contribution >= 4 is 11.6 Å². The Morgan fingerprint density at radius 3 is 2.44 bits per heavy atom. The van der Waals surface area contributed by atoms with Gasteiger partial charge in [-0.3, -0.25) is 4.79 Å². The Morgan fingerprint density at radius 1 is 1.04 bits per heavy atom. The van der Waals surface area contributed by atoms with Crippen molar-refractivity contribution in [3.05, 3.63) is 77.1 Å². The minimum Gasteiger partial charge on any atom is -0.361 e. The summed E-state index contributed by atoms with van der Waals surface area (Å²) in [5, 5.41) is 9.71. The van der Waals surface area contributed by atoms with Gasteiger partial charge in [0.25, 0.3) is 5.91 Å². The maximum Gasteiger partial charge on any atom is 0.435 e. The third-order valence-electron chi connectivity index (χ3n) is 4.45. The van der Waals surface area contributed by atoms with Crippen molar-refractivity contribution in [1.82, 2.24) is 15.1 Å². The van der Waals surface area contributed by atoms with Gasteiger partial charge in [-0.1, -0.05) is 24.3 Å². The van der Waals surface area contributed by atoms with Gasteiger partial charge in [0.05, 0.1) is 11.3 Å². The zero-order chi connectivity index (χ0) is 19.2. The number of hydrogen-bond donors (Lipinski definition) is 2. The summed E-state index contributed by atoms with van der Waals surface area (Å²) in [4.78, 5) is 12.4. The van der Waals surface area contributed by atoms with Crippen LogP contribution in [-0.2, 0) is 6.18 Å². The van der Waals surface area contributed by atoms with Gasteiger partial charge < -0.3 is 10.6 Å². The van der Waals surface area contributed by atoms with E-state index in [9.17, 15) is 18.0 Å². The van der Waals surface area contributed by atoms with Crippen LogP contribution in [0.15, 0.2) is 54.7 Å². The second kappa shape index (κ2) is 6.15. The molecule has 0 unspecified atom stereocenters. The molecule has 5 nitrogen and oxygen atoms in total. The molecule has 0 bridgehead atoms. The van der Waals surface area contributed by atoms with Gasteiger partial charge in [-0.25, -0.2) is 4.68 Å². The fourth-order valence-electron chi connectivity index (χ4n) is 3.09. The van der Waals surface area contributed by atoms with E-state index in [-0.39, 0.29) is 5.91 Å². The van der Waals surface area contributed by atoms with Crippen LogP contribution in [0.25, 0.3) is 5.69 Å². The van der Waals surface area contributed by atoms with Crippen molar-refractivity contribution in [2.45, 2.75) is 19.3 Å². The molecule has 2 N–H and O–H groups in total. The summed E-state index contributed by atoms with van der Waals surface area (Å²) in [6, 6.07) is 13.3. The first-order chi connectivity index (χ1) is 12.8. The molecule has 4 rings (SSSR count). The highest BCUT2D eigenvalue weighted by Gasteiger charge is 2.33. The zero-order valence-electron chi connectivity index (χ0n) is 14.2. The van der Waals surface area contributed by atoms with Gasteiger partial charge in [-0.15, -0.1) is 0 Å². The number of nitrogens with one attached hydrogen (secondary N) is 2. The number of hydrogen-bond acceptors (Lipinski definition) is 3. The number of anilines is 1. The number of carbonyl (C=O) groups excluding carboxylic acids is 1. The van der Waals surface area contributed by atoms with Crippen LogP contribution in [0.5, 0.6) is 0 Å². The van der Waals surface area contributed by atoms with Crippen molar-refractivity contribution in [3.63, 3.8) is 0 Å². The number of rotatable bonds is 2. The van der Waals surface area contributed by atoms with E-state index in [1.165, 1.54) is 6.20 Å². The van der Waals surface area contributed by atoms with E-state index < -0.39 is 18.0 Å². The molecular weight excluding hydrogens is 357 g/mol. The highest BCUT2D eigenvalue weighted by Crippen LogP contribution is 2.30. The van der Waals surface area contributed by atoms with Crippen LogP contribution in [0, 0.1) is 6.92 Å². The molecule has 3 aromatic rings. The minimum atomic E-state index is -4.48. The van der Waals surface area contributed by atoms with Crippen molar-refractivity contribution < 1.29 is 18.0 Å². The first-order valence-corrected chi connectivity index (χ1v) is 8.23. The molecule has 1 aliphatic heterocycles. The highest BCUT2D eigenvalue weighted by atomic mass is 19.4. The van der Waals surface area contributed by atoms with Crippen molar-refractivity contribution in [2.24, 2.45) is 0 Å². The van der Waals surface area contributed by atoms with Crippen LogP contribution in [-0.4, -0.2) is 15.7 Å². The van der Waals surface area contributed by atoms with Gasteiger partial charge in [-0.05, 0) is 42.3 Å². The molecule has 0 fully saturated rings. The number of fused-ring (bicyclic) bond motifs is 1. The first kappa shape index (κ1) is 17.1. The lowest BCUT2D eigenvalue weighted by atomic mass is 10.0. The molecule has 0 radical (unpaired) electrons. The predicted octanol–water partition coefficient (Wildman–Crippen LogP) is 4.05. The Kier molecular flexibility index (Phi) is 3.91. The van der Waals surface area contributed by atoms with Crippen molar-refractivity contribution in [2.75, 3.05) is 5.32 Å². The number of benzene rings is 2. The van der Waals surface area contributed by atoms with E-state index in [2.05, 4.69) is 15.7 Å². The summed E-state index contributed by atoms with van der Waals surface area (Å²) in [5.74, 6) is -0.169. The summed E-state index contributed by atoms with van der Waals surface area (Å²) in [6.07, 6.45) is -3.64. The average molecular weight is 372 g/mol. The Bertz CT molecular complexity index is 1010. The van der Waals surface area contributed by atoms with E-state index in [1.54, 1.807) is 24.3 Å². The van der Waals surface area contributed by atoms with Crippen LogP contribution in [0.2, 0.25) is 0 Å². The molecular formula is C19H15F3N4O. The smallest absolute Gasteiger partial charge is 0.361 e. The summed E-state index contributed by atoms with van der Waals surface area (Å²) < 4.78 is 39.2. The quantitative estimate of drug-likeness (QED) is 0.713. The Balaban J connectivity index is 1.58. The Hall–Kier alpha value is -3.29. The molecule has 1 amide bonds. The van der Waals surface area contributed by atoms with Gasteiger partial charge >= 0.3 is 6.18 Å². The van der Waals surface area contributed by atoms with Gasteiger partial charge in [0.15, 0.2) is 5.69 Å². The fourth-order valence-corrected chi connectivity index (χ4v) is 3.09. The monoisotopic (exact) mass is 372 g/mol. The number of aromatic nitrogens is 2. The van der Waals surface area contributed by atoms with Crippen LogP contribution in [0.3, 0.4) is 0 Å². The van der Waals surface area contributed by atoms with Gasteiger partial charge in [0, 0.05) is 11.9 Å². The Labute approximate surface area is 152 Å². The third-order valence-corrected chi connectivity index (χ3v) is 4.45. The molecule has 138 valence electrons.